The SMILES string of the molecule is O=C(c1ccccn1)N1CC[NH+](Cc2cccc(Cl)c2)CC1. The Morgan fingerprint density at radius 2 is 2.00 bits per heavy atom. The molecule has 1 aromatic carbocycles. The number of rotatable bonds is 3. The fraction of sp³-hybridized carbons (Fsp3) is 0.294. The Labute approximate surface area is 135 Å². The molecule has 0 unspecified atom stereocenters. The van der Waals surface area contributed by atoms with Gasteiger partial charge >= 0.3 is 0 Å². The van der Waals surface area contributed by atoms with Crippen molar-refractivity contribution in [2.24, 2.45) is 0 Å². The molecule has 3 rings (SSSR count). The summed E-state index contributed by atoms with van der Waals surface area (Å²) in [6, 6.07) is 13.4. The Bertz CT molecular complexity index is 639. The summed E-state index contributed by atoms with van der Waals surface area (Å²) in [4.78, 5) is 19.9. The van der Waals surface area contributed by atoms with Gasteiger partial charge in [0.05, 0.1) is 26.2 Å². The van der Waals surface area contributed by atoms with E-state index in [1.54, 1.807) is 12.3 Å². The average molecular weight is 317 g/mol. The number of carbonyl (C=O) groups is 1. The number of hydrogen-bond acceptors (Lipinski definition) is 2. The van der Waals surface area contributed by atoms with Crippen molar-refractivity contribution in [1.29, 1.82) is 0 Å². The van der Waals surface area contributed by atoms with Crippen LogP contribution in [0, 0.1) is 0 Å². The summed E-state index contributed by atoms with van der Waals surface area (Å²) >= 11 is 6.03. The second kappa shape index (κ2) is 6.90. The van der Waals surface area contributed by atoms with Crippen LogP contribution in [0.4, 0.5) is 0 Å². The van der Waals surface area contributed by atoms with E-state index >= 15 is 0 Å². The zero-order chi connectivity index (χ0) is 15.4. The van der Waals surface area contributed by atoms with E-state index in [2.05, 4.69) is 11.1 Å². The van der Waals surface area contributed by atoms with E-state index in [-0.39, 0.29) is 5.91 Å². The molecule has 0 atom stereocenters. The molecule has 2 heterocycles. The van der Waals surface area contributed by atoms with Gasteiger partial charge in [0, 0.05) is 16.8 Å². The molecule has 1 saturated heterocycles. The molecule has 1 fully saturated rings. The highest BCUT2D eigenvalue weighted by Crippen LogP contribution is 2.09. The normalized spacial score (nSPS) is 15.8. The lowest BCUT2D eigenvalue weighted by atomic mass is 10.2. The molecule has 5 heteroatoms. The predicted octanol–water partition coefficient (Wildman–Crippen LogP) is 1.28. The minimum atomic E-state index is 0.0300. The van der Waals surface area contributed by atoms with Crippen LogP contribution in [0.5, 0.6) is 0 Å². The molecule has 0 bridgehead atoms. The summed E-state index contributed by atoms with van der Waals surface area (Å²) in [7, 11) is 0. The number of piperazine rings is 1. The van der Waals surface area contributed by atoms with E-state index in [1.807, 2.05) is 35.2 Å². The van der Waals surface area contributed by atoms with Crippen molar-refractivity contribution in [3.63, 3.8) is 0 Å². The largest absolute Gasteiger partial charge is 0.328 e. The van der Waals surface area contributed by atoms with Crippen LogP contribution >= 0.6 is 11.6 Å². The van der Waals surface area contributed by atoms with Crippen molar-refractivity contribution in [3.05, 3.63) is 64.9 Å². The standard InChI is InChI=1S/C17H18ClN3O/c18-15-5-3-4-14(12-15)13-20-8-10-21(11-9-20)17(22)16-6-1-2-7-19-16/h1-7,12H,8-11,13H2/p+1. The van der Waals surface area contributed by atoms with Gasteiger partial charge in [0.1, 0.15) is 12.2 Å². The minimum absolute atomic E-state index is 0.0300. The molecule has 1 aromatic heterocycles. The van der Waals surface area contributed by atoms with Gasteiger partial charge in [-0.1, -0.05) is 29.8 Å². The summed E-state index contributed by atoms with van der Waals surface area (Å²) in [5.41, 5.74) is 1.77. The lowest BCUT2D eigenvalue weighted by Crippen LogP contribution is -3.13. The molecule has 2 aromatic rings. The topological polar surface area (TPSA) is 37.6 Å². The smallest absolute Gasteiger partial charge is 0.272 e. The third-order valence-electron chi connectivity index (χ3n) is 3.98. The Morgan fingerprint density at radius 1 is 1.18 bits per heavy atom. The van der Waals surface area contributed by atoms with E-state index in [0.717, 1.165) is 37.7 Å². The van der Waals surface area contributed by atoms with Crippen LogP contribution in [0.15, 0.2) is 48.7 Å². The Morgan fingerprint density at radius 3 is 2.68 bits per heavy atom. The average Bonchev–Trinajstić information content (AvgIpc) is 2.56. The molecule has 1 amide bonds. The molecule has 1 aliphatic heterocycles. The highest BCUT2D eigenvalue weighted by Gasteiger charge is 2.25. The summed E-state index contributed by atoms with van der Waals surface area (Å²) in [5.74, 6) is 0.0300. The monoisotopic (exact) mass is 316 g/mol. The lowest BCUT2D eigenvalue weighted by molar-refractivity contribution is -0.917. The Balaban J connectivity index is 1.55. The zero-order valence-electron chi connectivity index (χ0n) is 12.3. The van der Waals surface area contributed by atoms with Crippen molar-refractivity contribution in [2.45, 2.75) is 6.54 Å². The van der Waals surface area contributed by atoms with Gasteiger partial charge in [-0.25, -0.2) is 0 Å². The third-order valence-corrected chi connectivity index (χ3v) is 4.22. The molecule has 1 aliphatic rings. The zero-order valence-corrected chi connectivity index (χ0v) is 13.1. The Hall–Kier alpha value is -1.91. The number of hydrogen-bond donors (Lipinski definition) is 1. The molecule has 0 spiro atoms. The van der Waals surface area contributed by atoms with Crippen LogP contribution in [-0.2, 0) is 6.54 Å². The van der Waals surface area contributed by atoms with Crippen molar-refractivity contribution >= 4 is 17.5 Å². The number of aromatic nitrogens is 1. The molecule has 1 N–H and O–H groups in total. The number of carbonyl (C=O) groups excluding carboxylic acids is 1. The molecular weight excluding hydrogens is 298 g/mol. The van der Waals surface area contributed by atoms with Crippen molar-refractivity contribution in [3.8, 4) is 0 Å². The first-order valence-corrected chi connectivity index (χ1v) is 7.88. The van der Waals surface area contributed by atoms with E-state index in [9.17, 15) is 4.79 Å². The molecular formula is C17H19ClN3O+. The van der Waals surface area contributed by atoms with Crippen LogP contribution in [0.25, 0.3) is 0 Å². The number of halogens is 1. The van der Waals surface area contributed by atoms with Gasteiger partial charge in [0.15, 0.2) is 0 Å². The number of nitrogens with one attached hydrogen (secondary N) is 1. The summed E-state index contributed by atoms with van der Waals surface area (Å²) < 4.78 is 0. The van der Waals surface area contributed by atoms with Crippen molar-refractivity contribution in [1.82, 2.24) is 9.88 Å². The quantitative estimate of drug-likeness (QED) is 0.926. The molecule has 0 radical (unpaired) electrons. The first-order valence-electron chi connectivity index (χ1n) is 7.51. The van der Waals surface area contributed by atoms with E-state index in [1.165, 1.54) is 10.5 Å². The first-order chi connectivity index (χ1) is 10.7. The second-order valence-electron chi connectivity index (χ2n) is 5.56. The fourth-order valence-electron chi connectivity index (χ4n) is 2.79. The lowest BCUT2D eigenvalue weighted by Gasteiger charge is -2.32. The van der Waals surface area contributed by atoms with E-state index in [0.29, 0.717) is 5.69 Å². The number of pyridine rings is 1. The molecule has 0 saturated carbocycles. The van der Waals surface area contributed by atoms with Crippen LogP contribution in [-0.4, -0.2) is 42.0 Å². The van der Waals surface area contributed by atoms with Gasteiger partial charge in [-0.05, 0) is 24.3 Å². The third kappa shape index (κ3) is 3.64. The molecule has 4 nitrogen and oxygen atoms in total. The highest BCUT2D eigenvalue weighted by atomic mass is 35.5. The van der Waals surface area contributed by atoms with Gasteiger partial charge in [-0.3, -0.25) is 9.78 Å². The van der Waals surface area contributed by atoms with Crippen molar-refractivity contribution < 1.29 is 9.69 Å². The van der Waals surface area contributed by atoms with Gasteiger partial charge in [0.2, 0.25) is 0 Å². The Kier molecular flexibility index (Phi) is 4.71. The van der Waals surface area contributed by atoms with Crippen LogP contribution < -0.4 is 4.90 Å². The van der Waals surface area contributed by atoms with Crippen LogP contribution in [0.3, 0.4) is 0 Å². The fourth-order valence-corrected chi connectivity index (χ4v) is 3.00. The molecule has 0 aliphatic carbocycles. The summed E-state index contributed by atoms with van der Waals surface area (Å²) in [6.45, 7) is 4.39. The second-order valence-corrected chi connectivity index (χ2v) is 6.00. The number of benzene rings is 1. The van der Waals surface area contributed by atoms with Crippen molar-refractivity contribution in [2.75, 3.05) is 26.2 Å². The van der Waals surface area contributed by atoms with E-state index in [4.69, 9.17) is 11.6 Å². The molecule has 22 heavy (non-hydrogen) atoms. The predicted molar refractivity (Wildman–Crippen MR) is 86.0 cm³/mol. The number of amides is 1. The van der Waals surface area contributed by atoms with E-state index < -0.39 is 0 Å². The number of nitrogens with zero attached hydrogens (tertiary/aromatic N) is 2. The summed E-state index contributed by atoms with van der Waals surface area (Å²) in [5, 5.41) is 0.779. The van der Waals surface area contributed by atoms with Gasteiger partial charge in [-0.15, -0.1) is 0 Å². The highest BCUT2D eigenvalue weighted by molar-refractivity contribution is 6.30. The maximum absolute atomic E-state index is 12.3. The first kappa shape index (κ1) is 15.0. The minimum Gasteiger partial charge on any atom is -0.328 e. The number of quaternary nitrogens is 1. The van der Waals surface area contributed by atoms with Crippen LogP contribution in [0.1, 0.15) is 16.1 Å². The van der Waals surface area contributed by atoms with Gasteiger partial charge in [0.25, 0.3) is 5.91 Å². The van der Waals surface area contributed by atoms with Gasteiger partial charge in [-0.2, -0.15) is 0 Å². The maximum atomic E-state index is 12.3. The van der Waals surface area contributed by atoms with Crippen LogP contribution in [0.2, 0.25) is 5.02 Å². The maximum Gasteiger partial charge on any atom is 0.272 e. The summed E-state index contributed by atoms with van der Waals surface area (Å²) in [6.07, 6.45) is 1.66. The molecule has 114 valence electrons. The van der Waals surface area contributed by atoms with Gasteiger partial charge < -0.3 is 9.80 Å².